The molecule has 106 valence electrons. The van der Waals surface area contributed by atoms with Crippen molar-refractivity contribution in [2.45, 2.75) is 32.5 Å². The van der Waals surface area contributed by atoms with Crippen molar-refractivity contribution in [1.29, 1.82) is 0 Å². The van der Waals surface area contributed by atoms with Gasteiger partial charge in [-0.2, -0.15) is 12.7 Å². The zero-order chi connectivity index (χ0) is 13.8. The van der Waals surface area contributed by atoms with Gasteiger partial charge in [0.25, 0.3) is 10.2 Å². The van der Waals surface area contributed by atoms with Crippen LogP contribution >= 0.6 is 0 Å². The fourth-order valence-corrected chi connectivity index (χ4v) is 3.16. The van der Waals surface area contributed by atoms with Gasteiger partial charge in [-0.1, -0.05) is 0 Å². The molecule has 8 heteroatoms. The molecule has 2 atom stereocenters. The first kappa shape index (κ1) is 15.4. The van der Waals surface area contributed by atoms with Crippen LogP contribution in [0, 0.1) is 0 Å². The van der Waals surface area contributed by atoms with E-state index < -0.39 is 16.2 Å². The topological polar surface area (TPSA) is 84.9 Å². The maximum absolute atomic E-state index is 12.0. The van der Waals surface area contributed by atoms with Crippen LogP contribution in [0.3, 0.4) is 0 Å². The molecule has 0 bridgehead atoms. The lowest BCUT2D eigenvalue weighted by Crippen LogP contribution is -2.52. The fraction of sp³-hybridized carbons (Fsp3) is 0.900. The Morgan fingerprint density at radius 2 is 1.94 bits per heavy atom. The van der Waals surface area contributed by atoms with E-state index >= 15 is 0 Å². The van der Waals surface area contributed by atoms with Crippen molar-refractivity contribution in [2.24, 2.45) is 0 Å². The third kappa shape index (κ3) is 4.52. The first-order chi connectivity index (χ1) is 8.35. The number of carbonyl (C=O) groups is 1. The van der Waals surface area contributed by atoms with Crippen LogP contribution in [-0.2, 0) is 24.5 Å². The zero-order valence-electron chi connectivity index (χ0n) is 10.9. The van der Waals surface area contributed by atoms with E-state index in [9.17, 15) is 13.2 Å². The second-order valence-electron chi connectivity index (χ2n) is 4.30. The molecule has 0 spiro atoms. The number of nitrogens with one attached hydrogen (secondary N) is 1. The molecule has 0 aromatic rings. The lowest BCUT2D eigenvalue weighted by molar-refractivity contribution is -0.140. The summed E-state index contributed by atoms with van der Waals surface area (Å²) in [6, 6.07) is 0. The Labute approximate surface area is 108 Å². The number of methoxy groups -OCH3 is 1. The average molecular weight is 280 g/mol. The zero-order valence-corrected chi connectivity index (χ0v) is 11.7. The highest BCUT2D eigenvalue weighted by Gasteiger charge is 2.30. The highest BCUT2D eigenvalue weighted by Crippen LogP contribution is 2.13. The third-order valence-electron chi connectivity index (χ3n) is 2.57. The predicted octanol–water partition coefficient (Wildman–Crippen LogP) is -0.507. The van der Waals surface area contributed by atoms with Gasteiger partial charge in [0.2, 0.25) is 0 Å². The maximum atomic E-state index is 12.0. The summed E-state index contributed by atoms with van der Waals surface area (Å²) in [5, 5.41) is 0. The summed E-state index contributed by atoms with van der Waals surface area (Å²) in [4.78, 5) is 10.9. The SMILES string of the molecule is COC(=O)CCNS(=O)(=O)N1CC(C)OC(C)C1. The molecule has 0 saturated carbocycles. The maximum Gasteiger partial charge on any atom is 0.306 e. The van der Waals surface area contributed by atoms with Gasteiger partial charge in [-0.05, 0) is 13.8 Å². The van der Waals surface area contributed by atoms with Crippen LogP contribution in [0.25, 0.3) is 0 Å². The van der Waals surface area contributed by atoms with Gasteiger partial charge in [0.05, 0.1) is 25.7 Å². The summed E-state index contributed by atoms with van der Waals surface area (Å²) in [6.45, 7) is 4.32. The molecular weight excluding hydrogens is 260 g/mol. The average Bonchev–Trinajstić information content (AvgIpc) is 2.27. The molecule has 1 aliphatic heterocycles. The van der Waals surface area contributed by atoms with Crippen LogP contribution in [0.1, 0.15) is 20.3 Å². The highest BCUT2D eigenvalue weighted by molar-refractivity contribution is 7.87. The van der Waals surface area contributed by atoms with Gasteiger partial charge in [0.1, 0.15) is 0 Å². The second kappa shape index (κ2) is 6.46. The minimum Gasteiger partial charge on any atom is -0.469 e. The Kier molecular flexibility index (Phi) is 5.51. The molecule has 1 rings (SSSR count). The Hall–Kier alpha value is -0.700. The van der Waals surface area contributed by atoms with E-state index in [1.807, 2.05) is 13.8 Å². The molecule has 1 heterocycles. The Morgan fingerprint density at radius 3 is 2.44 bits per heavy atom. The molecular formula is C10H20N2O5S. The number of hydrogen-bond acceptors (Lipinski definition) is 5. The Bertz CT molecular complexity index is 374. The standard InChI is InChI=1S/C10H20N2O5S/c1-8-6-12(7-9(2)17-8)18(14,15)11-5-4-10(13)16-3/h8-9,11H,4-7H2,1-3H3. The molecule has 1 fully saturated rings. The summed E-state index contributed by atoms with van der Waals surface area (Å²) >= 11 is 0. The van der Waals surface area contributed by atoms with Crippen molar-refractivity contribution in [2.75, 3.05) is 26.7 Å². The smallest absolute Gasteiger partial charge is 0.306 e. The number of hydrogen-bond donors (Lipinski definition) is 1. The van der Waals surface area contributed by atoms with Gasteiger partial charge in [0, 0.05) is 19.6 Å². The summed E-state index contributed by atoms with van der Waals surface area (Å²) < 4.78 is 37.5. The summed E-state index contributed by atoms with van der Waals surface area (Å²) in [6.07, 6.45) is -0.248. The molecule has 0 radical (unpaired) electrons. The molecule has 2 unspecified atom stereocenters. The number of morpholine rings is 1. The third-order valence-corrected chi connectivity index (χ3v) is 4.11. The van der Waals surface area contributed by atoms with E-state index in [-0.39, 0.29) is 25.2 Å². The summed E-state index contributed by atoms with van der Waals surface area (Å²) in [5.74, 6) is -0.443. The van der Waals surface area contributed by atoms with Crippen LogP contribution in [0.15, 0.2) is 0 Å². The molecule has 0 aromatic carbocycles. The molecule has 7 nitrogen and oxygen atoms in total. The second-order valence-corrected chi connectivity index (χ2v) is 6.06. The van der Waals surface area contributed by atoms with E-state index in [0.717, 1.165) is 0 Å². The first-order valence-corrected chi connectivity index (χ1v) is 7.26. The quantitative estimate of drug-likeness (QED) is 0.686. The van der Waals surface area contributed by atoms with E-state index in [2.05, 4.69) is 9.46 Å². The fourth-order valence-electron chi connectivity index (χ4n) is 1.80. The van der Waals surface area contributed by atoms with Crippen LogP contribution in [0.5, 0.6) is 0 Å². The summed E-state index contributed by atoms with van der Waals surface area (Å²) in [7, 11) is -2.29. The van der Waals surface area contributed by atoms with E-state index in [1.54, 1.807) is 0 Å². The van der Waals surface area contributed by atoms with E-state index in [1.165, 1.54) is 11.4 Å². The van der Waals surface area contributed by atoms with Gasteiger partial charge in [-0.3, -0.25) is 4.79 Å². The van der Waals surface area contributed by atoms with Gasteiger partial charge in [0.15, 0.2) is 0 Å². The normalized spacial score (nSPS) is 25.9. The molecule has 0 aliphatic carbocycles. The van der Waals surface area contributed by atoms with Crippen molar-refractivity contribution >= 4 is 16.2 Å². The number of rotatable bonds is 5. The minimum atomic E-state index is -3.56. The van der Waals surface area contributed by atoms with E-state index in [4.69, 9.17) is 4.74 Å². The molecule has 1 saturated heterocycles. The summed E-state index contributed by atoms with van der Waals surface area (Å²) in [5.41, 5.74) is 0. The lowest BCUT2D eigenvalue weighted by Gasteiger charge is -2.34. The molecule has 0 amide bonds. The number of esters is 1. The number of nitrogens with zero attached hydrogens (tertiary/aromatic N) is 1. The number of ether oxygens (including phenoxy) is 2. The van der Waals surface area contributed by atoms with Crippen LogP contribution in [-0.4, -0.2) is 57.6 Å². The predicted molar refractivity (Wildman–Crippen MR) is 65.1 cm³/mol. The highest BCUT2D eigenvalue weighted by atomic mass is 32.2. The van der Waals surface area contributed by atoms with Gasteiger partial charge >= 0.3 is 5.97 Å². The van der Waals surface area contributed by atoms with Gasteiger partial charge in [-0.25, -0.2) is 4.72 Å². The monoisotopic (exact) mass is 280 g/mol. The first-order valence-electron chi connectivity index (χ1n) is 5.82. The van der Waals surface area contributed by atoms with Gasteiger partial charge in [-0.15, -0.1) is 0 Å². The molecule has 0 aromatic heterocycles. The minimum absolute atomic E-state index is 0.0190. The van der Waals surface area contributed by atoms with Crippen LogP contribution in [0.2, 0.25) is 0 Å². The Morgan fingerprint density at radius 1 is 1.39 bits per heavy atom. The largest absolute Gasteiger partial charge is 0.469 e. The van der Waals surface area contributed by atoms with Crippen LogP contribution < -0.4 is 4.72 Å². The molecule has 18 heavy (non-hydrogen) atoms. The van der Waals surface area contributed by atoms with Crippen molar-refractivity contribution in [1.82, 2.24) is 9.03 Å². The van der Waals surface area contributed by atoms with Crippen molar-refractivity contribution < 1.29 is 22.7 Å². The van der Waals surface area contributed by atoms with Crippen molar-refractivity contribution in [3.8, 4) is 0 Å². The van der Waals surface area contributed by atoms with Crippen molar-refractivity contribution in [3.63, 3.8) is 0 Å². The molecule has 1 aliphatic rings. The van der Waals surface area contributed by atoms with Crippen LogP contribution in [0.4, 0.5) is 0 Å². The molecule has 1 N–H and O–H groups in total. The van der Waals surface area contributed by atoms with E-state index in [0.29, 0.717) is 13.1 Å². The Balaban J connectivity index is 2.50. The number of carbonyl (C=O) groups excluding carboxylic acids is 1. The lowest BCUT2D eigenvalue weighted by atomic mass is 10.3. The van der Waals surface area contributed by atoms with Crippen molar-refractivity contribution in [3.05, 3.63) is 0 Å². The van der Waals surface area contributed by atoms with Gasteiger partial charge < -0.3 is 9.47 Å².